The number of hydrogen-bond acceptors (Lipinski definition) is 6. The van der Waals surface area contributed by atoms with E-state index in [1.165, 1.54) is 0 Å². The number of ether oxygens (including phenoxy) is 1. The quantitative estimate of drug-likeness (QED) is 0.605. The van der Waals surface area contributed by atoms with Crippen molar-refractivity contribution < 1.29 is 4.74 Å². The molecule has 2 aromatic rings. The van der Waals surface area contributed by atoms with Crippen molar-refractivity contribution in [3.63, 3.8) is 0 Å². The molecule has 0 atom stereocenters. The maximum atomic E-state index is 5.67. The third-order valence-electron chi connectivity index (χ3n) is 2.41. The van der Waals surface area contributed by atoms with Crippen LogP contribution in [-0.4, -0.2) is 19.7 Å². The molecule has 0 aromatic carbocycles. The molecule has 2 rings (SSSR count). The molecule has 0 unspecified atom stereocenters. The standard InChI is InChI=1S/C10H14N6O/c1-6-9(7(2)16(3)15-6)17-8-4-5-12-10(13-8)14-11/h4-5H,11H2,1-3H3,(H,12,13,14). The number of hydrogen-bond donors (Lipinski definition) is 2. The first-order valence-electron chi connectivity index (χ1n) is 5.09. The molecule has 2 aromatic heterocycles. The van der Waals surface area contributed by atoms with Gasteiger partial charge < -0.3 is 4.74 Å². The van der Waals surface area contributed by atoms with E-state index in [-0.39, 0.29) is 0 Å². The zero-order chi connectivity index (χ0) is 12.4. The van der Waals surface area contributed by atoms with Gasteiger partial charge in [-0.05, 0) is 13.8 Å². The summed E-state index contributed by atoms with van der Waals surface area (Å²) in [5.41, 5.74) is 4.11. The van der Waals surface area contributed by atoms with Crippen LogP contribution in [0.5, 0.6) is 11.6 Å². The summed E-state index contributed by atoms with van der Waals surface area (Å²) in [7, 11) is 1.86. The molecular formula is C10H14N6O. The van der Waals surface area contributed by atoms with Gasteiger partial charge in [-0.15, -0.1) is 0 Å². The van der Waals surface area contributed by atoms with Gasteiger partial charge >= 0.3 is 0 Å². The van der Waals surface area contributed by atoms with Crippen LogP contribution >= 0.6 is 0 Å². The molecule has 0 bridgehead atoms. The smallest absolute Gasteiger partial charge is 0.240 e. The van der Waals surface area contributed by atoms with Crippen molar-refractivity contribution in [2.45, 2.75) is 13.8 Å². The fraction of sp³-hybridized carbons (Fsp3) is 0.300. The number of nitrogens with zero attached hydrogens (tertiary/aromatic N) is 4. The van der Waals surface area contributed by atoms with Crippen LogP contribution in [0.1, 0.15) is 11.4 Å². The van der Waals surface area contributed by atoms with E-state index in [1.807, 2.05) is 20.9 Å². The summed E-state index contributed by atoms with van der Waals surface area (Å²) in [5, 5.41) is 4.26. The van der Waals surface area contributed by atoms with Crippen LogP contribution in [0.2, 0.25) is 0 Å². The second-order valence-electron chi connectivity index (χ2n) is 3.59. The van der Waals surface area contributed by atoms with Gasteiger partial charge in [0.1, 0.15) is 5.69 Å². The minimum atomic E-state index is 0.307. The molecule has 0 aliphatic heterocycles. The molecule has 0 saturated heterocycles. The average molecular weight is 234 g/mol. The third-order valence-corrected chi connectivity index (χ3v) is 2.41. The summed E-state index contributed by atoms with van der Waals surface area (Å²) in [6.45, 7) is 3.81. The Bertz CT molecular complexity index is 536. The van der Waals surface area contributed by atoms with Gasteiger partial charge in [-0.3, -0.25) is 10.1 Å². The van der Waals surface area contributed by atoms with Gasteiger partial charge in [0, 0.05) is 19.3 Å². The Labute approximate surface area is 98.6 Å². The number of aryl methyl sites for hydroxylation is 2. The van der Waals surface area contributed by atoms with E-state index in [0.717, 1.165) is 11.4 Å². The number of anilines is 1. The lowest BCUT2D eigenvalue weighted by Crippen LogP contribution is -2.10. The van der Waals surface area contributed by atoms with E-state index >= 15 is 0 Å². The second kappa shape index (κ2) is 4.38. The first-order valence-corrected chi connectivity index (χ1v) is 5.09. The van der Waals surface area contributed by atoms with Crippen molar-refractivity contribution >= 4 is 5.95 Å². The lowest BCUT2D eigenvalue weighted by atomic mass is 10.3. The first-order chi connectivity index (χ1) is 8.11. The van der Waals surface area contributed by atoms with E-state index in [2.05, 4.69) is 20.5 Å². The van der Waals surface area contributed by atoms with Crippen molar-refractivity contribution in [3.8, 4) is 11.6 Å². The summed E-state index contributed by atoms with van der Waals surface area (Å²) >= 11 is 0. The Morgan fingerprint density at radius 2 is 2.18 bits per heavy atom. The van der Waals surface area contributed by atoms with Gasteiger partial charge in [0.15, 0.2) is 5.75 Å². The number of nitrogen functional groups attached to an aromatic ring is 1. The number of rotatable bonds is 3. The van der Waals surface area contributed by atoms with E-state index in [0.29, 0.717) is 17.6 Å². The Hall–Kier alpha value is -2.15. The molecular weight excluding hydrogens is 220 g/mol. The maximum absolute atomic E-state index is 5.67. The predicted molar refractivity (Wildman–Crippen MR) is 62.6 cm³/mol. The molecule has 0 aliphatic rings. The van der Waals surface area contributed by atoms with Crippen molar-refractivity contribution in [1.29, 1.82) is 0 Å². The third kappa shape index (κ3) is 2.18. The molecule has 7 heteroatoms. The minimum Gasteiger partial charge on any atom is -0.435 e. The fourth-order valence-corrected chi connectivity index (χ4v) is 1.47. The van der Waals surface area contributed by atoms with Gasteiger partial charge in [0.05, 0.1) is 5.69 Å². The largest absolute Gasteiger partial charge is 0.435 e. The highest BCUT2D eigenvalue weighted by molar-refractivity contribution is 5.36. The topological polar surface area (TPSA) is 90.9 Å². The lowest BCUT2D eigenvalue weighted by Gasteiger charge is -2.05. The summed E-state index contributed by atoms with van der Waals surface area (Å²) in [6.07, 6.45) is 1.57. The molecule has 0 saturated carbocycles. The molecule has 2 heterocycles. The first kappa shape index (κ1) is 11.3. The van der Waals surface area contributed by atoms with Crippen molar-refractivity contribution in [2.24, 2.45) is 12.9 Å². The summed E-state index contributed by atoms with van der Waals surface area (Å²) in [4.78, 5) is 7.97. The molecule has 90 valence electrons. The van der Waals surface area contributed by atoms with Crippen molar-refractivity contribution in [2.75, 3.05) is 5.43 Å². The minimum absolute atomic E-state index is 0.307. The number of nitrogens with two attached hydrogens (primary N) is 1. The zero-order valence-electron chi connectivity index (χ0n) is 9.93. The molecule has 0 aliphatic carbocycles. The van der Waals surface area contributed by atoms with Gasteiger partial charge in [-0.25, -0.2) is 10.8 Å². The summed E-state index contributed by atoms with van der Waals surface area (Å²) < 4.78 is 7.43. The van der Waals surface area contributed by atoms with Gasteiger partial charge in [-0.2, -0.15) is 10.1 Å². The second-order valence-corrected chi connectivity index (χ2v) is 3.59. The Balaban J connectivity index is 2.31. The van der Waals surface area contributed by atoms with E-state index in [4.69, 9.17) is 10.6 Å². The monoisotopic (exact) mass is 234 g/mol. The fourth-order valence-electron chi connectivity index (χ4n) is 1.47. The lowest BCUT2D eigenvalue weighted by molar-refractivity contribution is 0.454. The van der Waals surface area contributed by atoms with Gasteiger partial charge in [0.25, 0.3) is 0 Å². The van der Waals surface area contributed by atoms with Crippen LogP contribution in [-0.2, 0) is 7.05 Å². The van der Waals surface area contributed by atoms with Crippen LogP contribution in [0, 0.1) is 13.8 Å². The summed E-state index contributed by atoms with van der Waals surface area (Å²) in [5.74, 6) is 6.66. The molecule has 0 spiro atoms. The number of nitrogens with one attached hydrogen (secondary N) is 1. The van der Waals surface area contributed by atoms with Crippen LogP contribution in [0.4, 0.5) is 5.95 Å². The SMILES string of the molecule is Cc1nn(C)c(C)c1Oc1ccnc(NN)n1. The van der Waals surface area contributed by atoms with Gasteiger partial charge in [-0.1, -0.05) is 0 Å². The highest BCUT2D eigenvalue weighted by atomic mass is 16.5. The molecule has 0 amide bonds. The number of hydrazine groups is 1. The molecule has 7 nitrogen and oxygen atoms in total. The average Bonchev–Trinajstić information content (AvgIpc) is 2.56. The summed E-state index contributed by atoms with van der Waals surface area (Å²) in [6, 6.07) is 1.66. The van der Waals surface area contributed by atoms with Crippen LogP contribution < -0.4 is 16.0 Å². The highest BCUT2D eigenvalue weighted by Gasteiger charge is 2.12. The Kier molecular flexibility index (Phi) is 2.92. The zero-order valence-corrected chi connectivity index (χ0v) is 9.93. The van der Waals surface area contributed by atoms with E-state index in [1.54, 1.807) is 16.9 Å². The molecule has 0 radical (unpaired) electrons. The molecule has 3 N–H and O–H groups in total. The van der Waals surface area contributed by atoms with Gasteiger partial charge in [0.2, 0.25) is 11.8 Å². The normalized spacial score (nSPS) is 10.4. The van der Waals surface area contributed by atoms with Crippen LogP contribution in [0.15, 0.2) is 12.3 Å². The van der Waals surface area contributed by atoms with E-state index < -0.39 is 0 Å². The Morgan fingerprint density at radius 3 is 2.76 bits per heavy atom. The van der Waals surface area contributed by atoms with Crippen molar-refractivity contribution in [3.05, 3.63) is 23.7 Å². The molecule has 17 heavy (non-hydrogen) atoms. The predicted octanol–water partition coefficient (Wildman–Crippen LogP) is 0.905. The number of aromatic nitrogens is 4. The Morgan fingerprint density at radius 1 is 1.41 bits per heavy atom. The van der Waals surface area contributed by atoms with E-state index in [9.17, 15) is 0 Å². The van der Waals surface area contributed by atoms with Crippen molar-refractivity contribution in [1.82, 2.24) is 19.7 Å². The highest BCUT2D eigenvalue weighted by Crippen LogP contribution is 2.26. The molecule has 0 fully saturated rings. The van der Waals surface area contributed by atoms with Crippen LogP contribution in [0.3, 0.4) is 0 Å². The maximum Gasteiger partial charge on any atom is 0.240 e. The van der Waals surface area contributed by atoms with Crippen LogP contribution in [0.25, 0.3) is 0 Å².